The van der Waals surface area contributed by atoms with E-state index >= 15 is 0 Å². The van der Waals surface area contributed by atoms with Crippen molar-refractivity contribution in [3.63, 3.8) is 0 Å². The molecule has 0 amide bonds. The summed E-state index contributed by atoms with van der Waals surface area (Å²) in [4.78, 5) is 4.30. The van der Waals surface area contributed by atoms with Gasteiger partial charge in [0.2, 0.25) is 5.95 Å². The third kappa shape index (κ3) is 3.55. The second-order valence-corrected chi connectivity index (χ2v) is 6.77. The third-order valence-electron chi connectivity index (χ3n) is 4.10. The van der Waals surface area contributed by atoms with Gasteiger partial charge in [-0.15, -0.1) is 0 Å². The van der Waals surface area contributed by atoms with Gasteiger partial charge in [0.1, 0.15) is 5.82 Å². The number of nitrogen functional groups attached to an aromatic ring is 1. The van der Waals surface area contributed by atoms with Crippen LogP contribution in [-0.4, -0.2) is 9.55 Å². The number of aryl methyl sites for hydroxylation is 1. The van der Waals surface area contributed by atoms with Gasteiger partial charge >= 0.3 is 0 Å². The van der Waals surface area contributed by atoms with Crippen LogP contribution in [0.2, 0.25) is 0 Å². The molecule has 1 heterocycles. The number of fused-ring (bicyclic) bond motifs is 1. The van der Waals surface area contributed by atoms with E-state index in [0.29, 0.717) is 17.0 Å². The molecule has 0 radical (unpaired) electrons. The number of nitrogens with zero attached hydrogens (tertiary/aromatic N) is 2. The van der Waals surface area contributed by atoms with Crippen molar-refractivity contribution in [2.45, 2.75) is 59.9 Å². The number of halogens is 1. The average molecular weight is 291 g/mol. The molecule has 0 aliphatic heterocycles. The summed E-state index contributed by atoms with van der Waals surface area (Å²) < 4.78 is 15.7. The van der Waals surface area contributed by atoms with Crippen LogP contribution in [0.25, 0.3) is 11.0 Å². The molecule has 2 N–H and O–H groups in total. The second kappa shape index (κ2) is 6.04. The van der Waals surface area contributed by atoms with E-state index < -0.39 is 0 Å². The number of imidazole rings is 1. The highest BCUT2D eigenvalue weighted by atomic mass is 19.1. The number of hydrogen-bond acceptors (Lipinski definition) is 2. The third-order valence-corrected chi connectivity index (χ3v) is 4.10. The van der Waals surface area contributed by atoms with Crippen molar-refractivity contribution in [2.75, 3.05) is 5.73 Å². The van der Waals surface area contributed by atoms with Crippen molar-refractivity contribution in [3.05, 3.63) is 23.5 Å². The molecule has 0 saturated heterocycles. The molecule has 3 nitrogen and oxygen atoms in total. The minimum absolute atomic E-state index is 0.152. The number of aromatic nitrogens is 2. The van der Waals surface area contributed by atoms with Gasteiger partial charge in [0.25, 0.3) is 0 Å². The number of rotatable bonds is 6. The summed E-state index contributed by atoms with van der Waals surface area (Å²) >= 11 is 0. The Hall–Kier alpha value is -1.58. The minimum atomic E-state index is -0.227. The molecule has 2 rings (SSSR count). The summed E-state index contributed by atoms with van der Waals surface area (Å²) in [6.45, 7) is 9.30. The van der Waals surface area contributed by atoms with Crippen LogP contribution in [0.4, 0.5) is 10.3 Å². The first-order valence-corrected chi connectivity index (χ1v) is 7.76. The molecule has 4 heteroatoms. The van der Waals surface area contributed by atoms with Crippen LogP contribution in [0, 0.1) is 18.2 Å². The van der Waals surface area contributed by atoms with E-state index in [9.17, 15) is 4.39 Å². The summed E-state index contributed by atoms with van der Waals surface area (Å²) in [7, 11) is 0. The molecule has 0 unspecified atom stereocenters. The van der Waals surface area contributed by atoms with Gasteiger partial charge in [0.15, 0.2) is 0 Å². The molecular formula is C17H26FN3. The molecule has 0 atom stereocenters. The molecule has 0 aliphatic rings. The predicted octanol–water partition coefficient (Wildman–Crippen LogP) is 4.67. The molecule has 116 valence electrons. The highest BCUT2D eigenvalue weighted by Gasteiger charge is 2.21. The lowest BCUT2D eigenvalue weighted by molar-refractivity contribution is 0.276. The quantitative estimate of drug-likeness (QED) is 0.786. The van der Waals surface area contributed by atoms with E-state index in [-0.39, 0.29) is 11.2 Å². The molecule has 1 aromatic heterocycles. The van der Waals surface area contributed by atoms with Gasteiger partial charge in [-0.1, -0.05) is 40.0 Å². The SMILES string of the molecule is CCCCCC(C)(C)Cn1c(N)nc2cc(F)c(C)cc21. The second-order valence-electron chi connectivity index (χ2n) is 6.77. The summed E-state index contributed by atoms with van der Waals surface area (Å²) in [6.07, 6.45) is 4.86. The van der Waals surface area contributed by atoms with Crippen LogP contribution in [0.15, 0.2) is 12.1 Å². The Balaban J connectivity index is 2.29. The van der Waals surface area contributed by atoms with E-state index in [2.05, 4.69) is 25.8 Å². The van der Waals surface area contributed by atoms with Crippen LogP contribution >= 0.6 is 0 Å². The van der Waals surface area contributed by atoms with Crippen LogP contribution < -0.4 is 5.73 Å². The van der Waals surface area contributed by atoms with Gasteiger partial charge in [-0.3, -0.25) is 0 Å². The standard InChI is InChI=1S/C17H26FN3/c1-5-6-7-8-17(3,4)11-21-15-9-12(2)13(18)10-14(15)20-16(21)19/h9-10H,5-8,11H2,1-4H3,(H2,19,20). The summed E-state index contributed by atoms with van der Waals surface area (Å²) in [5.41, 5.74) is 8.39. The lowest BCUT2D eigenvalue weighted by Gasteiger charge is -2.26. The smallest absolute Gasteiger partial charge is 0.201 e. The van der Waals surface area contributed by atoms with Crippen molar-refractivity contribution in [1.29, 1.82) is 0 Å². The number of unbranched alkanes of at least 4 members (excludes halogenated alkanes) is 2. The highest BCUT2D eigenvalue weighted by molar-refractivity contribution is 5.79. The van der Waals surface area contributed by atoms with E-state index in [1.54, 1.807) is 6.92 Å². The van der Waals surface area contributed by atoms with Crippen molar-refractivity contribution in [3.8, 4) is 0 Å². The summed E-state index contributed by atoms with van der Waals surface area (Å²) in [5, 5.41) is 0. The summed E-state index contributed by atoms with van der Waals surface area (Å²) in [6, 6.07) is 3.32. The number of nitrogens with two attached hydrogens (primary N) is 1. The first kappa shape index (κ1) is 15.8. The van der Waals surface area contributed by atoms with Crippen molar-refractivity contribution >= 4 is 17.0 Å². The molecule has 0 spiro atoms. The Morgan fingerprint density at radius 3 is 2.67 bits per heavy atom. The van der Waals surface area contributed by atoms with E-state index in [4.69, 9.17) is 5.73 Å². The van der Waals surface area contributed by atoms with Crippen LogP contribution in [0.5, 0.6) is 0 Å². The van der Waals surface area contributed by atoms with Crippen LogP contribution in [-0.2, 0) is 6.54 Å². The number of benzene rings is 1. The Labute approximate surface area is 126 Å². The molecule has 0 aliphatic carbocycles. The zero-order chi connectivity index (χ0) is 15.6. The normalized spacial score (nSPS) is 12.2. The first-order chi connectivity index (χ1) is 9.84. The zero-order valence-corrected chi connectivity index (χ0v) is 13.5. The molecule has 0 bridgehead atoms. The Morgan fingerprint density at radius 1 is 1.29 bits per heavy atom. The van der Waals surface area contributed by atoms with Crippen molar-refractivity contribution < 1.29 is 4.39 Å². The van der Waals surface area contributed by atoms with Crippen LogP contribution in [0.3, 0.4) is 0 Å². The Kier molecular flexibility index (Phi) is 4.55. The van der Waals surface area contributed by atoms with Crippen LogP contribution in [0.1, 0.15) is 52.0 Å². The molecule has 21 heavy (non-hydrogen) atoms. The lowest BCUT2D eigenvalue weighted by Crippen LogP contribution is -2.21. The van der Waals surface area contributed by atoms with E-state index in [1.165, 1.54) is 25.3 Å². The maximum atomic E-state index is 13.6. The first-order valence-electron chi connectivity index (χ1n) is 7.76. The van der Waals surface area contributed by atoms with E-state index in [1.807, 2.05) is 10.6 Å². The Bertz CT molecular complexity index is 628. The maximum Gasteiger partial charge on any atom is 0.201 e. The maximum absolute atomic E-state index is 13.6. The number of anilines is 1. The van der Waals surface area contributed by atoms with Gasteiger partial charge in [-0.25, -0.2) is 9.37 Å². The fraction of sp³-hybridized carbons (Fsp3) is 0.588. The fourth-order valence-corrected chi connectivity index (χ4v) is 2.80. The molecule has 1 aromatic carbocycles. The largest absolute Gasteiger partial charge is 0.369 e. The Morgan fingerprint density at radius 2 is 2.00 bits per heavy atom. The van der Waals surface area contributed by atoms with Gasteiger partial charge in [0.05, 0.1) is 11.0 Å². The topological polar surface area (TPSA) is 43.8 Å². The van der Waals surface area contributed by atoms with Crippen molar-refractivity contribution in [1.82, 2.24) is 9.55 Å². The van der Waals surface area contributed by atoms with Crippen molar-refractivity contribution in [2.24, 2.45) is 5.41 Å². The van der Waals surface area contributed by atoms with E-state index in [0.717, 1.165) is 18.5 Å². The van der Waals surface area contributed by atoms with Gasteiger partial charge < -0.3 is 10.3 Å². The predicted molar refractivity (Wildman–Crippen MR) is 86.8 cm³/mol. The molecule has 0 saturated carbocycles. The fourth-order valence-electron chi connectivity index (χ4n) is 2.80. The zero-order valence-electron chi connectivity index (χ0n) is 13.5. The molecular weight excluding hydrogens is 265 g/mol. The lowest BCUT2D eigenvalue weighted by atomic mass is 9.86. The highest BCUT2D eigenvalue weighted by Crippen LogP contribution is 2.30. The number of hydrogen-bond donors (Lipinski definition) is 1. The monoisotopic (exact) mass is 291 g/mol. The summed E-state index contributed by atoms with van der Waals surface area (Å²) in [5.74, 6) is 0.243. The van der Waals surface area contributed by atoms with Gasteiger partial charge in [-0.2, -0.15) is 0 Å². The van der Waals surface area contributed by atoms with Gasteiger partial charge in [-0.05, 0) is 30.4 Å². The average Bonchev–Trinajstić information content (AvgIpc) is 2.66. The van der Waals surface area contributed by atoms with Gasteiger partial charge in [0, 0.05) is 12.6 Å². The molecule has 0 fully saturated rings. The molecule has 2 aromatic rings. The minimum Gasteiger partial charge on any atom is -0.369 e.